The van der Waals surface area contributed by atoms with Gasteiger partial charge in [-0.15, -0.1) is 0 Å². The highest BCUT2D eigenvalue weighted by Gasteiger charge is 2.68. The van der Waals surface area contributed by atoms with Crippen LogP contribution < -0.4 is 10.1 Å². The Morgan fingerprint density at radius 1 is 1.06 bits per heavy atom. The second-order valence-electron chi connectivity index (χ2n) is 9.45. The van der Waals surface area contributed by atoms with Crippen molar-refractivity contribution in [3.8, 4) is 17.1 Å². The van der Waals surface area contributed by atoms with Gasteiger partial charge < -0.3 is 14.5 Å². The molecule has 3 fully saturated rings. The van der Waals surface area contributed by atoms with Crippen molar-refractivity contribution in [2.75, 3.05) is 6.61 Å². The fourth-order valence-corrected chi connectivity index (χ4v) is 5.30. The number of hydrogen-bond acceptors (Lipinski definition) is 4. The van der Waals surface area contributed by atoms with Gasteiger partial charge in [-0.2, -0.15) is 0 Å². The molecule has 1 amide bonds. The van der Waals surface area contributed by atoms with Gasteiger partial charge in [-0.05, 0) is 73.6 Å². The van der Waals surface area contributed by atoms with E-state index in [4.69, 9.17) is 20.8 Å². The molecule has 3 aliphatic carbocycles. The third kappa shape index (κ3) is 4.20. The molecule has 0 spiro atoms. The molecule has 5 nitrogen and oxygen atoms in total. The number of ether oxygens (including phenoxy) is 1. The molecule has 0 saturated heterocycles. The monoisotopic (exact) mass is 485 g/mol. The van der Waals surface area contributed by atoms with Crippen molar-refractivity contribution < 1.29 is 27.5 Å². The predicted octanol–water partition coefficient (Wildman–Crippen LogP) is 5.88. The number of nitrogens with one attached hydrogen (secondary N) is 1. The maximum Gasteiger partial charge on any atom is 0.258 e. The zero-order chi connectivity index (χ0) is 24.1. The molecule has 0 aliphatic heterocycles. The molecule has 3 aliphatic rings. The van der Waals surface area contributed by atoms with E-state index >= 15 is 0 Å². The molecule has 0 radical (unpaired) electrons. The second kappa shape index (κ2) is 8.24. The first kappa shape index (κ1) is 22.6. The molecule has 8 heteroatoms. The molecule has 0 atom stereocenters. The highest BCUT2D eigenvalue weighted by Crippen LogP contribution is 2.69. The largest absolute Gasteiger partial charge is 0.484 e. The van der Waals surface area contributed by atoms with Crippen molar-refractivity contribution in [2.45, 2.75) is 38.1 Å². The number of carbonyl (C=O) groups excluding carboxylic acids is 2. The summed E-state index contributed by atoms with van der Waals surface area (Å²) in [6, 6.07) is 12.0. The number of aryl methyl sites for hydroxylation is 1. The van der Waals surface area contributed by atoms with Crippen LogP contribution >= 0.6 is 11.6 Å². The number of Topliss-reactive ketones (excluding diaryl/α,β-unsaturated/α-hetero) is 1. The van der Waals surface area contributed by atoms with E-state index in [1.165, 1.54) is 18.2 Å². The van der Waals surface area contributed by atoms with Crippen molar-refractivity contribution in [3.63, 3.8) is 0 Å². The van der Waals surface area contributed by atoms with Crippen LogP contribution in [0, 0.1) is 24.0 Å². The Bertz CT molecular complexity index is 1280. The fraction of sp³-hybridized carbons (Fsp3) is 0.308. The minimum absolute atomic E-state index is 0.0202. The Morgan fingerprint density at radius 3 is 2.53 bits per heavy atom. The number of hydrogen-bond donors (Lipinski definition) is 1. The van der Waals surface area contributed by atoms with E-state index in [0.717, 1.165) is 0 Å². The second-order valence-corrected chi connectivity index (χ2v) is 9.86. The number of rotatable bonds is 8. The van der Waals surface area contributed by atoms with Crippen molar-refractivity contribution in [1.29, 1.82) is 0 Å². The lowest BCUT2D eigenvalue weighted by atomic mass is 9.38. The highest BCUT2D eigenvalue weighted by atomic mass is 35.5. The molecule has 2 bridgehead atoms. The molecule has 0 unspecified atom stereocenters. The molecule has 176 valence electrons. The molecule has 2 aromatic carbocycles. The molecular formula is C26H22ClF2NO4. The summed E-state index contributed by atoms with van der Waals surface area (Å²) in [6.45, 7) is 1.46. The number of amides is 1. The van der Waals surface area contributed by atoms with Gasteiger partial charge in [0.15, 0.2) is 18.2 Å². The first-order valence-corrected chi connectivity index (χ1v) is 11.3. The molecule has 6 rings (SSSR count). The van der Waals surface area contributed by atoms with Crippen LogP contribution in [0.15, 0.2) is 52.9 Å². The van der Waals surface area contributed by atoms with Gasteiger partial charge in [0.2, 0.25) is 0 Å². The first-order valence-electron chi connectivity index (χ1n) is 10.9. The zero-order valence-electron chi connectivity index (χ0n) is 18.4. The first-order chi connectivity index (χ1) is 16.2. The molecule has 1 heterocycles. The lowest BCUT2D eigenvalue weighted by molar-refractivity contribution is -0.164. The maximum absolute atomic E-state index is 13.7. The van der Waals surface area contributed by atoms with Crippen molar-refractivity contribution in [2.24, 2.45) is 5.41 Å². The van der Waals surface area contributed by atoms with Gasteiger partial charge in [-0.1, -0.05) is 17.7 Å². The number of ketones is 1. The minimum atomic E-state index is -0.555. The molecule has 34 heavy (non-hydrogen) atoms. The van der Waals surface area contributed by atoms with Gasteiger partial charge in [0.1, 0.15) is 23.1 Å². The van der Waals surface area contributed by atoms with Gasteiger partial charge in [-0.25, -0.2) is 8.78 Å². The van der Waals surface area contributed by atoms with Crippen LogP contribution in [0.25, 0.3) is 11.3 Å². The number of carbonyl (C=O) groups is 2. The van der Waals surface area contributed by atoms with Crippen molar-refractivity contribution in [1.82, 2.24) is 5.32 Å². The summed E-state index contributed by atoms with van der Waals surface area (Å²) in [6.07, 6.45) is 2.47. The predicted molar refractivity (Wildman–Crippen MR) is 122 cm³/mol. The van der Waals surface area contributed by atoms with E-state index in [9.17, 15) is 18.4 Å². The summed E-state index contributed by atoms with van der Waals surface area (Å²) in [5.41, 5.74) is 0.581. The summed E-state index contributed by atoms with van der Waals surface area (Å²) < 4.78 is 38.4. The van der Waals surface area contributed by atoms with Gasteiger partial charge in [0.25, 0.3) is 5.91 Å². The van der Waals surface area contributed by atoms with Crippen LogP contribution in [0.3, 0.4) is 0 Å². The van der Waals surface area contributed by atoms with Crippen molar-refractivity contribution >= 4 is 23.3 Å². The third-order valence-corrected chi connectivity index (χ3v) is 6.98. The Kier molecular flexibility index (Phi) is 5.47. The normalized spacial score (nSPS) is 22.5. The molecule has 1 N–H and O–H groups in total. The SMILES string of the molecule is Cc1ccc(OCC(=O)NC23CC(CC(=O)c4ccc(-c5ccc(Cl)c(F)c5)o4)(C2)C3)cc1F. The Morgan fingerprint density at radius 2 is 1.82 bits per heavy atom. The topological polar surface area (TPSA) is 68.5 Å². The average molecular weight is 486 g/mol. The van der Waals surface area contributed by atoms with Crippen LogP contribution in [-0.2, 0) is 4.79 Å². The average Bonchev–Trinajstić information content (AvgIpc) is 3.24. The van der Waals surface area contributed by atoms with Gasteiger partial charge >= 0.3 is 0 Å². The Labute approximate surface area is 200 Å². The summed E-state index contributed by atoms with van der Waals surface area (Å²) in [4.78, 5) is 25.0. The lowest BCUT2D eigenvalue weighted by Gasteiger charge is -2.70. The van der Waals surface area contributed by atoms with Gasteiger partial charge in [0.05, 0.1) is 5.02 Å². The van der Waals surface area contributed by atoms with E-state index in [-0.39, 0.29) is 45.9 Å². The van der Waals surface area contributed by atoms with Crippen LogP contribution in [0.4, 0.5) is 8.78 Å². The molecular weight excluding hydrogens is 464 g/mol. The van der Waals surface area contributed by atoms with Crippen LogP contribution in [-0.4, -0.2) is 23.8 Å². The summed E-state index contributed by atoms with van der Waals surface area (Å²) in [5, 5.41) is 3.01. The molecule has 3 aromatic rings. The highest BCUT2D eigenvalue weighted by molar-refractivity contribution is 6.30. The van der Waals surface area contributed by atoms with Crippen LogP contribution in [0.2, 0.25) is 5.02 Å². The van der Waals surface area contributed by atoms with Gasteiger partial charge in [-0.3, -0.25) is 9.59 Å². The molecule has 3 saturated carbocycles. The van der Waals surface area contributed by atoms with E-state index in [1.54, 1.807) is 37.3 Å². The summed E-state index contributed by atoms with van der Waals surface area (Å²) in [5.74, 6) is -0.400. The summed E-state index contributed by atoms with van der Waals surface area (Å²) in [7, 11) is 0. The Hall–Kier alpha value is -3.19. The van der Waals surface area contributed by atoms with E-state index < -0.39 is 5.82 Å². The smallest absolute Gasteiger partial charge is 0.258 e. The number of furan rings is 1. The van der Waals surface area contributed by atoms with Crippen LogP contribution in [0.5, 0.6) is 5.75 Å². The molecule has 1 aromatic heterocycles. The third-order valence-electron chi connectivity index (χ3n) is 6.68. The quantitative estimate of drug-likeness (QED) is 0.405. The zero-order valence-corrected chi connectivity index (χ0v) is 19.2. The lowest BCUT2D eigenvalue weighted by Crippen LogP contribution is -2.75. The van der Waals surface area contributed by atoms with E-state index in [2.05, 4.69) is 5.32 Å². The Balaban J connectivity index is 1.11. The fourth-order valence-electron chi connectivity index (χ4n) is 5.18. The van der Waals surface area contributed by atoms with E-state index in [0.29, 0.717) is 48.3 Å². The van der Waals surface area contributed by atoms with Gasteiger partial charge in [0, 0.05) is 23.6 Å². The van der Waals surface area contributed by atoms with E-state index in [1.807, 2.05) is 0 Å². The summed E-state index contributed by atoms with van der Waals surface area (Å²) >= 11 is 5.72. The number of benzene rings is 2. The van der Waals surface area contributed by atoms with Crippen LogP contribution in [0.1, 0.15) is 41.8 Å². The van der Waals surface area contributed by atoms with Crippen molar-refractivity contribution in [3.05, 3.63) is 76.5 Å². The maximum atomic E-state index is 13.7. The minimum Gasteiger partial charge on any atom is -0.484 e. The number of halogens is 3. The standard InChI is InChI=1S/C26H22ClF2NO4/c1-15-2-4-17(9-19(15)28)33-11-24(32)30-26-12-25(13-26,14-26)10-21(31)23-7-6-22(34-23)16-3-5-18(27)20(29)8-16/h2-9H,10-14H2,1H3,(H,30,32).